The molecule has 120 valence electrons. The molecule has 0 aliphatic rings. The number of nitriles is 1. The van der Waals surface area contributed by atoms with Crippen LogP contribution in [0.3, 0.4) is 0 Å². The van der Waals surface area contributed by atoms with E-state index in [-0.39, 0.29) is 5.91 Å². The predicted octanol–water partition coefficient (Wildman–Crippen LogP) is 2.63. The van der Waals surface area contributed by atoms with Crippen LogP contribution in [0.15, 0.2) is 18.2 Å². The summed E-state index contributed by atoms with van der Waals surface area (Å²) < 4.78 is 0. The van der Waals surface area contributed by atoms with Gasteiger partial charge in [0.1, 0.15) is 6.07 Å². The molecule has 0 bridgehead atoms. The van der Waals surface area contributed by atoms with E-state index in [4.69, 9.17) is 16.9 Å². The number of amides is 1. The van der Waals surface area contributed by atoms with Crippen LogP contribution in [0.25, 0.3) is 0 Å². The molecular weight excluding hydrogens is 302 g/mol. The van der Waals surface area contributed by atoms with Gasteiger partial charge in [0.15, 0.2) is 0 Å². The molecule has 0 heterocycles. The second kappa shape index (κ2) is 8.14. The molecule has 0 aliphatic heterocycles. The average molecular weight is 324 g/mol. The topological polar surface area (TPSA) is 76.4 Å². The summed E-state index contributed by atoms with van der Waals surface area (Å²) in [7, 11) is 0. The lowest BCUT2D eigenvalue weighted by molar-refractivity contribution is -0.116. The lowest BCUT2D eigenvalue weighted by Crippen LogP contribution is -2.39. The Morgan fingerprint density at radius 3 is 2.68 bits per heavy atom. The normalized spacial score (nSPS) is 11.3. The molecule has 2 N–H and O–H groups in total. The monoisotopic (exact) mass is 323 g/mol. The van der Waals surface area contributed by atoms with Crippen molar-refractivity contribution in [2.45, 2.75) is 32.8 Å². The van der Waals surface area contributed by atoms with E-state index >= 15 is 0 Å². The van der Waals surface area contributed by atoms with Crippen molar-refractivity contribution in [2.24, 2.45) is 0 Å². The third kappa shape index (κ3) is 6.44. The number of halogens is 1. The number of hydrogen-bond acceptors (Lipinski definition) is 4. The SMILES string of the molecule is CCN(CCC(=O)Nc1ccc(C#N)c(Cl)c1)CC(C)(C)O. The number of nitrogens with zero attached hydrogens (tertiary/aromatic N) is 2. The van der Waals surface area contributed by atoms with Gasteiger partial charge < -0.3 is 15.3 Å². The van der Waals surface area contributed by atoms with Gasteiger partial charge in [-0.2, -0.15) is 5.26 Å². The molecule has 1 aromatic carbocycles. The van der Waals surface area contributed by atoms with Gasteiger partial charge in [-0.1, -0.05) is 18.5 Å². The fraction of sp³-hybridized carbons (Fsp3) is 0.500. The summed E-state index contributed by atoms with van der Waals surface area (Å²) in [4.78, 5) is 14.0. The van der Waals surface area contributed by atoms with Crippen molar-refractivity contribution in [3.8, 4) is 6.07 Å². The Morgan fingerprint density at radius 1 is 1.50 bits per heavy atom. The highest BCUT2D eigenvalue weighted by Gasteiger charge is 2.17. The summed E-state index contributed by atoms with van der Waals surface area (Å²) in [6, 6.07) is 6.76. The molecule has 0 saturated carbocycles. The van der Waals surface area contributed by atoms with Crippen molar-refractivity contribution in [3.63, 3.8) is 0 Å². The summed E-state index contributed by atoms with van der Waals surface area (Å²) in [5.74, 6) is -0.130. The van der Waals surface area contributed by atoms with Crippen LogP contribution in [0.2, 0.25) is 5.02 Å². The first kappa shape index (κ1) is 18.4. The largest absolute Gasteiger partial charge is 0.389 e. The molecule has 0 aliphatic carbocycles. The zero-order valence-electron chi connectivity index (χ0n) is 13.2. The van der Waals surface area contributed by atoms with Crippen LogP contribution in [0.4, 0.5) is 5.69 Å². The molecule has 6 heteroatoms. The molecule has 0 aromatic heterocycles. The van der Waals surface area contributed by atoms with Crippen LogP contribution in [0, 0.1) is 11.3 Å². The van der Waals surface area contributed by atoms with Crippen molar-refractivity contribution in [1.82, 2.24) is 4.90 Å². The van der Waals surface area contributed by atoms with Crippen LogP contribution in [-0.4, -0.2) is 41.1 Å². The summed E-state index contributed by atoms with van der Waals surface area (Å²) in [5.41, 5.74) is 0.161. The molecule has 5 nitrogen and oxygen atoms in total. The number of carbonyl (C=O) groups is 1. The minimum Gasteiger partial charge on any atom is -0.389 e. The van der Waals surface area contributed by atoms with Crippen LogP contribution in [0.5, 0.6) is 0 Å². The molecule has 0 fully saturated rings. The van der Waals surface area contributed by atoms with E-state index in [9.17, 15) is 9.90 Å². The van der Waals surface area contributed by atoms with E-state index in [1.807, 2.05) is 17.9 Å². The van der Waals surface area contributed by atoms with E-state index in [2.05, 4.69) is 5.32 Å². The maximum absolute atomic E-state index is 12.0. The van der Waals surface area contributed by atoms with Gasteiger partial charge in [-0.25, -0.2) is 0 Å². The molecular formula is C16H22ClN3O2. The van der Waals surface area contributed by atoms with E-state index in [0.717, 1.165) is 6.54 Å². The standard InChI is InChI=1S/C16H22ClN3O2/c1-4-20(11-16(2,3)22)8-7-15(21)19-13-6-5-12(10-18)14(17)9-13/h5-6,9,22H,4,7-8,11H2,1-3H3,(H,19,21). The van der Waals surface area contributed by atoms with Crippen molar-refractivity contribution < 1.29 is 9.90 Å². The van der Waals surface area contributed by atoms with Crippen LogP contribution in [0.1, 0.15) is 32.8 Å². The number of nitrogens with one attached hydrogen (secondary N) is 1. The number of anilines is 1. The van der Waals surface area contributed by atoms with Gasteiger partial charge in [0.05, 0.1) is 16.2 Å². The van der Waals surface area contributed by atoms with Gasteiger partial charge in [-0.05, 0) is 38.6 Å². The highest BCUT2D eigenvalue weighted by atomic mass is 35.5. The highest BCUT2D eigenvalue weighted by Crippen LogP contribution is 2.20. The maximum Gasteiger partial charge on any atom is 0.225 e. The summed E-state index contributed by atoms with van der Waals surface area (Å²) >= 11 is 5.93. The molecule has 0 radical (unpaired) electrons. The fourth-order valence-corrected chi connectivity index (χ4v) is 2.29. The zero-order chi connectivity index (χ0) is 16.8. The molecule has 0 saturated heterocycles. The average Bonchev–Trinajstić information content (AvgIpc) is 2.42. The van der Waals surface area contributed by atoms with Gasteiger partial charge in [-0.15, -0.1) is 0 Å². The molecule has 1 rings (SSSR count). The Morgan fingerprint density at radius 2 is 2.18 bits per heavy atom. The van der Waals surface area contributed by atoms with Crippen molar-refractivity contribution in [3.05, 3.63) is 28.8 Å². The third-order valence-electron chi connectivity index (χ3n) is 3.09. The van der Waals surface area contributed by atoms with Gasteiger partial charge in [0.2, 0.25) is 5.91 Å². The Kier molecular flexibility index (Phi) is 6.82. The van der Waals surface area contributed by atoms with Crippen molar-refractivity contribution in [1.29, 1.82) is 5.26 Å². The second-order valence-electron chi connectivity index (χ2n) is 5.79. The van der Waals surface area contributed by atoms with Crippen LogP contribution < -0.4 is 5.32 Å². The Balaban J connectivity index is 2.53. The van der Waals surface area contributed by atoms with Gasteiger partial charge in [0.25, 0.3) is 0 Å². The number of carbonyl (C=O) groups excluding carboxylic acids is 1. The van der Waals surface area contributed by atoms with E-state index < -0.39 is 5.60 Å². The molecule has 1 aromatic rings. The lowest BCUT2D eigenvalue weighted by atomic mass is 10.1. The summed E-state index contributed by atoms with van der Waals surface area (Å²) in [6.07, 6.45) is 0.321. The summed E-state index contributed by atoms with van der Waals surface area (Å²) in [6.45, 7) is 7.32. The first-order valence-electron chi connectivity index (χ1n) is 7.19. The third-order valence-corrected chi connectivity index (χ3v) is 3.40. The smallest absolute Gasteiger partial charge is 0.225 e. The first-order chi connectivity index (χ1) is 10.2. The van der Waals surface area contributed by atoms with E-state index in [0.29, 0.717) is 35.8 Å². The summed E-state index contributed by atoms with van der Waals surface area (Å²) in [5, 5.41) is 21.7. The number of benzene rings is 1. The lowest BCUT2D eigenvalue weighted by Gasteiger charge is -2.27. The number of likely N-dealkylation sites (N-methyl/N-ethyl adjacent to an activating group) is 1. The first-order valence-corrected chi connectivity index (χ1v) is 7.57. The zero-order valence-corrected chi connectivity index (χ0v) is 13.9. The number of aliphatic hydroxyl groups is 1. The van der Waals surface area contributed by atoms with E-state index in [1.54, 1.807) is 32.0 Å². The number of rotatable bonds is 7. The Hall–Kier alpha value is -1.61. The second-order valence-corrected chi connectivity index (χ2v) is 6.19. The maximum atomic E-state index is 12.0. The predicted molar refractivity (Wildman–Crippen MR) is 87.8 cm³/mol. The molecule has 1 amide bonds. The molecule has 22 heavy (non-hydrogen) atoms. The minimum absolute atomic E-state index is 0.130. The van der Waals surface area contributed by atoms with Crippen LogP contribution >= 0.6 is 11.6 Å². The molecule has 0 unspecified atom stereocenters. The van der Waals surface area contributed by atoms with Crippen molar-refractivity contribution >= 4 is 23.2 Å². The quantitative estimate of drug-likeness (QED) is 0.808. The Bertz CT molecular complexity index is 561. The minimum atomic E-state index is -0.785. The highest BCUT2D eigenvalue weighted by molar-refractivity contribution is 6.32. The van der Waals surface area contributed by atoms with Crippen LogP contribution in [-0.2, 0) is 4.79 Å². The Labute approximate surface area is 136 Å². The molecule has 0 atom stereocenters. The fourth-order valence-electron chi connectivity index (χ4n) is 2.06. The van der Waals surface area contributed by atoms with E-state index in [1.165, 1.54) is 0 Å². The number of hydrogen-bond donors (Lipinski definition) is 2. The van der Waals surface area contributed by atoms with Crippen molar-refractivity contribution in [2.75, 3.05) is 25.0 Å². The van der Waals surface area contributed by atoms with Gasteiger partial charge in [0, 0.05) is 25.2 Å². The van der Waals surface area contributed by atoms with Gasteiger partial charge in [-0.3, -0.25) is 4.79 Å². The van der Waals surface area contributed by atoms with Gasteiger partial charge >= 0.3 is 0 Å². The molecule has 0 spiro atoms.